The second kappa shape index (κ2) is 17.3. The lowest BCUT2D eigenvalue weighted by Crippen LogP contribution is -2.60. The van der Waals surface area contributed by atoms with E-state index in [2.05, 4.69) is 0 Å². The summed E-state index contributed by atoms with van der Waals surface area (Å²) in [7, 11) is 5.23. The molecule has 3 rings (SSSR count). The van der Waals surface area contributed by atoms with Gasteiger partial charge in [0.15, 0.2) is 12.6 Å². The van der Waals surface area contributed by atoms with Crippen LogP contribution in [-0.4, -0.2) is 137 Å². The Balaban J connectivity index is 2.16. The number of ether oxygens (including phenoxy) is 6. The van der Waals surface area contributed by atoms with Crippen molar-refractivity contribution in [2.24, 2.45) is 29.6 Å². The third-order valence-corrected chi connectivity index (χ3v) is 11.8. The van der Waals surface area contributed by atoms with Crippen LogP contribution in [0.15, 0.2) is 0 Å². The van der Waals surface area contributed by atoms with Gasteiger partial charge in [0.1, 0.15) is 24.1 Å². The van der Waals surface area contributed by atoms with Crippen LogP contribution >= 0.6 is 0 Å². The second-order valence-corrected chi connectivity index (χ2v) is 16.2. The normalized spacial score (nSPS) is 49.0. The average molecular weight is 718 g/mol. The van der Waals surface area contributed by atoms with Gasteiger partial charge in [-0.2, -0.15) is 0 Å². The van der Waals surface area contributed by atoms with Gasteiger partial charge in [-0.3, -0.25) is 9.59 Å². The van der Waals surface area contributed by atoms with Crippen LogP contribution in [0.3, 0.4) is 0 Å². The summed E-state index contributed by atoms with van der Waals surface area (Å²) in [6.07, 6.45) is -7.91. The maximum Gasteiger partial charge on any atom is 0.311 e. The minimum Gasteiger partial charge on any atom is -0.462 e. The highest BCUT2D eigenvalue weighted by atomic mass is 16.7. The fourth-order valence-corrected chi connectivity index (χ4v) is 8.36. The fraction of sp³-hybridized carbons (Fsp3) is 0.946. The average Bonchev–Trinajstić information content (AvgIpc) is 3.05. The zero-order valence-electron chi connectivity index (χ0n) is 32.6. The number of esters is 1. The lowest BCUT2D eigenvalue weighted by molar-refractivity contribution is -0.317. The first kappa shape index (κ1) is 43.1. The number of cyclic esters (lactones) is 1. The summed E-state index contributed by atoms with van der Waals surface area (Å²) in [5.74, 6) is -4.59. The van der Waals surface area contributed by atoms with Crippen molar-refractivity contribution in [1.29, 1.82) is 0 Å². The summed E-state index contributed by atoms with van der Waals surface area (Å²) in [4.78, 5) is 29.7. The van der Waals surface area contributed by atoms with Gasteiger partial charge in [-0.25, -0.2) is 0 Å². The summed E-state index contributed by atoms with van der Waals surface area (Å²) >= 11 is 0. The first-order chi connectivity index (χ1) is 23.1. The number of nitrogens with zero attached hydrogens (tertiary/aromatic N) is 1. The van der Waals surface area contributed by atoms with Gasteiger partial charge in [0.05, 0.1) is 47.6 Å². The molecule has 0 spiro atoms. The first-order valence-electron chi connectivity index (χ1n) is 18.4. The molecule has 0 bridgehead atoms. The molecule has 3 aliphatic rings. The van der Waals surface area contributed by atoms with Crippen LogP contribution in [0.4, 0.5) is 0 Å². The van der Waals surface area contributed by atoms with Gasteiger partial charge < -0.3 is 53.7 Å². The molecule has 0 saturated carbocycles. The number of hydrogen-bond donors (Lipinski definition) is 4. The Labute approximate surface area is 299 Å². The molecule has 0 aromatic carbocycles. The number of carbonyl (C=O) groups is 2. The van der Waals surface area contributed by atoms with Gasteiger partial charge in [0.25, 0.3) is 0 Å². The van der Waals surface area contributed by atoms with Gasteiger partial charge in [0, 0.05) is 43.2 Å². The van der Waals surface area contributed by atoms with E-state index in [1.54, 1.807) is 55.4 Å². The van der Waals surface area contributed by atoms with Gasteiger partial charge in [-0.15, -0.1) is 0 Å². The molecule has 0 aromatic heterocycles. The maximum atomic E-state index is 14.0. The largest absolute Gasteiger partial charge is 0.462 e. The van der Waals surface area contributed by atoms with E-state index in [1.807, 2.05) is 32.8 Å². The summed E-state index contributed by atoms with van der Waals surface area (Å²) in [6.45, 7) is 17.4. The predicted molar refractivity (Wildman–Crippen MR) is 185 cm³/mol. The highest BCUT2D eigenvalue weighted by molar-refractivity contribution is 5.83. The molecule has 0 aliphatic carbocycles. The van der Waals surface area contributed by atoms with E-state index in [1.165, 1.54) is 7.11 Å². The van der Waals surface area contributed by atoms with Crippen LogP contribution in [0.1, 0.15) is 94.9 Å². The Bertz CT molecular complexity index is 1120. The molecule has 0 amide bonds. The van der Waals surface area contributed by atoms with Crippen LogP contribution in [0.5, 0.6) is 0 Å². The number of carbonyl (C=O) groups excluding carboxylic acids is 2. The third kappa shape index (κ3) is 9.45. The molecule has 3 fully saturated rings. The van der Waals surface area contributed by atoms with Gasteiger partial charge >= 0.3 is 5.97 Å². The van der Waals surface area contributed by atoms with Crippen molar-refractivity contribution in [3.63, 3.8) is 0 Å². The van der Waals surface area contributed by atoms with Crippen LogP contribution < -0.4 is 0 Å². The molecule has 3 aliphatic heterocycles. The monoisotopic (exact) mass is 717 g/mol. The standard InChI is InChI=1S/C37H67NO12/c1-14-26-20(4)29(40)21(5)28(39)18(2)16-36(9,44)33(50-35-30(41)25(38(11)12)15-19(3)46-35)22(6)31(23(7)34(43)48-26)49-27-17-37(10,45-13)32(42)24(8)47-27/h18-27,29-33,35,40-42,44H,14-17H2,1-13H3/t18-,19-,20+,21-,22+,23-,24+,25+,26+,27+,29+,30-,31+,32+,33-,35+,36-,37-/m1/s1. The summed E-state index contributed by atoms with van der Waals surface area (Å²) in [6, 6.07) is -0.297. The van der Waals surface area contributed by atoms with E-state index in [0.717, 1.165) is 0 Å². The first-order valence-corrected chi connectivity index (χ1v) is 18.4. The van der Waals surface area contributed by atoms with E-state index < -0.39 is 102 Å². The minimum atomic E-state index is -1.72. The Morgan fingerprint density at radius 3 is 2.06 bits per heavy atom. The molecule has 0 unspecified atom stereocenters. The number of rotatable bonds is 7. The lowest BCUT2D eigenvalue weighted by atomic mass is 9.74. The highest BCUT2D eigenvalue weighted by Crippen LogP contribution is 2.40. The topological polar surface area (TPSA) is 174 Å². The van der Waals surface area contributed by atoms with Crippen molar-refractivity contribution in [2.75, 3.05) is 21.2 Å². The van der Waals surface area contributed by atoms with Crippen molar-refractivity contribution in [2.45, 2.75) is 174 Å². The Kier molecular flexibility index (Phi) is 14.9. The van der Waals surface area contributed by atoms with Crippen LogP contribution in [0, 0.1) is 29.6 Å². The lowest BCUT2D eigenvalue weighted by Gasteiger charge is -2.49. The Morgan fingerprint density at radius 1 is 0.880 bits per heavy atom. The van der Waals surface area contributed by atoms with Crippen LogP contribution in [-0.2, 0) is 38.0 Å². The molecular formula is C37H67NO12. The fourth-order valence-electron chi connectivity index (χ4n) is 8.36. The van der Waals surface area contributed by atoms with Crippen molar-refractivity contribution >= 4 is 11.8 Å². The molecule has 13 nitrogen and oxygen atoms in total. The molecule has 3 heterocycles. The van der Waals surface area contributed by atoms with Crippen LogP contribution in [0.25, 0.3) is 0 Å². The van der Waals surface area contributed by atoms with E-state index >= 15 is 0 Å². The number of ketones is 1. The second-order valence-electron chi connectivity index (χ2n) is 16.2. The molecule has 0 aromatic rings. The third-order valence-electron chi connectivity index (χ3n) is 11.8. The van der Waals surface area contributed by atoms with E-state index in [4.69, 9.17) is 28.4 Å². The molecular weight excluding hydrogens is 650 g/mol. The SMILES string of the molecule is CC[C@@H]1OC(=O)[C@H](C)[C@@H](O[C@H]2C[C@@](C)(OC)[C@@H](O)[C@H](C)O2)[C@H](C)[C@@H](O[C@@H]2O[C@H](C)C[C@H](N(C)C)[C@H]2O)[C@](C)(O)C[C@@H](C)C(=O)[C@@H](C)[C@@H](O)[C@H]1C. The summed E-state index contributed by atoms with van der Waals surface area (Å²) < 4.78 is 37.3. The maximum absolute atomic E-state index is 14.0. The van der Waals surface area contributed by atoms with Crippen LogP contribution in [0.2, 0.25) is 0 Å². The van der Waals surface area contributed by atoms with E-state index in [-0.39, 0.29) is 30.8 Å². The quantitative estimate of drug-likeness (QED) is 0.284. The number of aliphatic hydroxyl groups is 4. The number of methoxy groups -OCH3 is 1. The van der Waals surface area contributed by atoms with Gasteiger partial charge in [-0.05, 0) is 68.0 Å². The zero-order valence-corrected chi connectivity index (χ0v) is 32.6. The molecule has 50 heavy (non-hydrogen) atoms. The van der Waals surface area contributed by atoms with Crippen molar-refractivity contribution in [3.8, 4) is 0 Å². The summed E-state index contributed by atoms with van der Waals surface area (Å²) in [5.41, 5.74) is -2.73. The highest BCUT2D eigenvalue weighted by Gasteiger charge is 2.52. The number of aliphatic hydroxyl groups excluding tert-OH is 3. The smallest absolute Gasteiger partial charge is 0.311 e. The predicted octanol–water partition coefficient (Wildman–Crippen LogP) is 2.67. The number of hydrogen-bond acceptors (Lipinski definition) is 13. The molecule has 4 N–H and O–H groups in total. The van der Waals surface area contributed by atoms with E-state index in [0.29, 0.717) is 12.8 Å². The molecule has 13 heteroatoms. The Morgan fingerprint density at radius 2 is 1.50 bits per heavy atom. The number of likely N-dealkylation sites (N-methyl/N-ethyl adjacent to an activating group) is 1. The van der Waals surface area contributed by atoms with E-state index in [9.17, 15) is 30.0 Å². The summed E-state index contributed by atoms with van der Waals surface area (Å²) in [5, 5.41) is 46.0. The van der Waals surface area contributed by atoms with Crippen molar-refractivity contribution < 1.29 is 58.4 Å². The van der Waals surface area contributed by atoms with Crippen molar-refractivity contribution in [3.05, 3.63) is 0 Å². The zero-order chi connectivity index (χ0) is 38.0. The Hall–Kier alpha value is -1.26. The molecule has 0 radical (unpaired) electrons. The number of Topliss-reactive ketones (excluding diaryl/α,β-unsaturated/α-hetero) is 1. The van der Waals surface area contributed by atoms with Crippen molar-refractivity contribution in [1.82, 2.24) is 4.90 Å². The van der Waals surface area contributed by atoms with Gasteiger partial charge in [-0.1, -0.05) is 34.6 Å². The minimum absolute atomic E-state index is 0.0462. The van der Waals surface area contributed by atoms with Gasteiger partial charge in [0.2, 0.25) is 0 Å². The molecule has 292 valence electrons. The molecule has 18 atom stereocenters. The molecule has 3 saturated heterocycles.